The summed E-state index contributed by atoms with van der Waals surface area (Å²) in [6, 6.07) is 6.06. The van der Waals surface area contributed by atoms with E-state index in [1.54, 1.807) is 12.1 Å². The van der Waals surface area contributed by atoms with E-state index in [1.165, 1.54) is 24.0 Å². The summed E-state index contributed by atoms with van der Waals surface area (Å²) in [4.78, 5) is 12.7. The van der Waals surface area contributed by atoms with E-state index in [4.69, 9.17) is 0 Å². The largest absolute Gasteiger partial charge is 0.335 e. The minimum absolute atomic E-state index is 0.111. The molecule has 6 nitrogen and oxygen atoms in total. The van der Waals surface area contributed by atoms with E-state index >= 15 is 0 Å². The van der Waals surface area contributed by atoms with Gasteiger partial charge in [0.15, 0.2) is 0 Å². The molecule has 0 aliphatic heterocycles. The quantitative estimate of drug-likeness (QED) is 0.585. The lowest BCUT2D eigenvalue weighted by Crippen LogP contribution is -3.11. The van der Waals surface area contributed by atoms with Crippen molar-refractivity contribution in [1.82, 2.24) is 4.72 Å². The van der Waals surface area contributed by atoms with Crippen molar-refractivity contribution in [2.24, 2.45) is 0 Å². The second-order valence-electron chi connectivity index (χ2n) is 6.08. The Morgan fingerprint density at radius 2 is 1.75 bits per heavy atom. The Balaban J connectivity index is 2.57. The molecule has 0 radical (unpaired) electrons. The topological polar surface area (TPSA) is 79.7 Å². The van der Waals surface area contributed by atoms with Crippen molar-refractivity contribution < 1.29 is 18.1 Å². The minimum atomic E-state index is -3.54. The molecule has 0 bridgehead atoms. The van der Waals surface area contributed by atoms with Crippen LogP contribution in [0.25, 0.3) is 0 Å². The number of rotatable bonds is 10. The van der Waals surface area contributed by atoms with Gasteiger partial charge in [-0.05, 0) is 57.9 Å². The van der Waals surface area contributed by atoms with Crippen LogP contribution in [0, 0.1) is 0 Å². The van der Waals surface area contributed by atoms with Crippen LogP contribution in [0.3, 0.4) is 0 Å². The molecule has 24 heavy (non-hydrogen) atoms. The summed E-state index contributed by atoms with van der Waals surface area (Å²) in [6.45, 7) is 10.9. The first kappa shape index (κ1) is 20.6. The van der Waals surface area contributed by atoms with Gasteiger partial charge in [-0.15, -0.1) is 0 Å². The third kappa shape index (κ3) is 6.98. The van der Waals surface area contributed by atoms with Crippen LogP contribution in [0.2, 0.25) is 0 Å². The highest BCUT2D eigenvalue weighted by Gasteiger charge is 2.17. The van der Waals surface area contributed by atoms with Crippen LogP contribution in [0.1, 0.15) is 40.5 Å². The number of carbonyl (C=O) groups excluding carboxylic acids is 1. The molecule has 0 saturated carbocycles. The number of benzene rings is 1. The van der Waals surface area contributed by atoms with Crippen molar-refractivity contribution in [3.05, 3.63) is 24.3 Å². The Morgan fingerprint density at radius 3 is 2.25 bits per heavy atom. The van der Waals surface area contributed by atoms with E-state index in [9.17, 15) is 13.2 Å². The molecule has 0 aromatic heterocycles. The van der Waals surface area contributed by atoms with E-state index < -0.39 is 10.0 Å². The van der Waals surface area contributed by atoms with Gasteiger partial charge in [0, 0.05) is 18.7 Å². The number of sulfonamides is 1. The Hall–Kier alpha value is -1.44. The van der Waals surface area contributed by atoms with Crippen molar-refractivity contribution in [2.75, 3.05) is 25.0 Å². The van der Waals surface area contributed by atoms with Gasteiger partial charge in [-0.1, -0.05) is 0 Å². The number of hydrogen-bond donors (Lipinski definition) is 3. The van der Waals surface area contributed by atoms with Crippen LogP contribution >= 0.6 is 0 Å². The van der Waals surface area contributed by atoms with Gasteiger partial charge in [-0.2, -0.15) is 0 Å². The first-order chi connectivity index (χ1) is 11.3. The fourth-order valence-corrected chi connectivity index (χ4v) is 3.85. The van der Waals surface area contributed by atoms with Crippen LogP contribution in [-0.2, 0) is 14.8 Å². The second-order valence-corrected chi connectivity index (χ2v) is 7.79. The molecule has 1 aromatic rings. The summed E-state index contributed by atoms with van der Waals surface area (Å²) in [5.41, 5.74) is 0.580. The summed E-state index contributed by atoms with van der Waals surface area (Å²) >= 11 is 0. The Labute approximate surface area is 145 Å². The van der Waals surface area contributed by atoms with E-state index in [-0.39, 0.29) is 16.8 Å². The minimum Gasteiger partial charge on any atom is -0.335 e. The van der Waals surface area contributed by atoms with Crippen molar-refractivity contribution in [3.63, 3.8) is 0 Å². The van der Waals surface area contributed by atoms with Crippen molar-refractivity contribution in [2.45, 2.75) is 51.5 Å². The average Bonchev–Trinajstić information content (AvgIpc) is 2.51. The van der Waals surface area contributed by atoms with E-state index in [2.05, 4.69) is 23.9 Å². The fourth-order valence-electron chi connectivity index (χ4n) is 2.57. The number of amides is 1. The van der Waals surface area contributed by atoms with E-state index in [0.29, 0.717) is 5.69 Å². The maximum atomic E-state index is 12.4. The third-order valence-corrected chi connectivity index (χ3v) is 5.61. The maximum Gasteiger partial charge on any atom is 0.240 e. The van der Waals surface area contributed by atoms with Gasteiger partial charge >= 0.3 is 0 Å². The highest BCUT2D eigenvalue weighted by molar-refractivity contribution is 7.89. The zero-order valence-electron chi connectivity index (χ0n) is 15.1. The monoisotopic (exact) mass is 356 g/mol. The highest BCUT2D eigenvalue weighted by atomic mass is 32.2. The summed E-state index contributed by atoms with van der Waals surface area (Å²) in [6.07, 6.45) is 1.80. The van der Waals surface area contributed by atoms with Crippen LogP contribution in [0.4, 0.5) is 5.69 Å². The molecule has 0 fully saturated rings. The van der Waals surface area contributed by atoms with Gasteiger partial charge in [0.1, 0.15) is 0 Å². The van der Waals surface area contributed by atoms with Gasteiger partial charge in [-0.25, -0.2) is 13.1 Å². The molecule has 3 N–H and O–H groups in total. The van der Waals surface area contributed by atoms with Crippen LogP contribution in [-0.4, -0.2) is 40.0 Å². The molecule has 0 aliphatic rings. The summed E-state index contributed by atoms with van der Waals surface area (Å²) < 4.78 is 27.5. The van der Waals surface area contributed by atoms with Crippen molar-refractivity contribution >= 4 is 21.6 Å². The summed E-state index contributed by atoms with van der Waals surface area (Å²) in [5.74, 6) is -0.187. The first-order valence-corrected chi connectivity index (χ1v) is 10.00. The molecule has 0 heterocycles. The number of anilines is 1. The molecule has 136 valence electrons. The lowest BCUT2D eigenvalue weighted by molar-refractivity contribution is -0.896. The molecular formula is C17H30N3O3S+. The van der Waals surface area contributed by atoms with Crippen molar-refractivity contribution in [3.8, 4) is 0 Å². The molecular weight excluding hydrogens is 326 g/mol. The van der Waals surface area contributed by atoms with E-state index in [1.807, 2.05) is 6.92 Å². The summed E-state index contributed by atoms with van der Waals surface area (Å²) in [5, 5.41) is 2.62. The van der Waals surface area contributed by atoms with Crippen molar-refractivity contribution in [1.29, 1.82) is 0 Å². The molecule has 1 rings (SSSR count). The zero-order valence-corrected chi connectivity index (χ0v) is 15.9. The maximum absolute atomic E-state index is 12.4. The predicted molar refractivity (Wildman–Crippen MR) is 96.7 cm³/mol. The molecule has 1 aromatic carbocycles. The molecule has 1 amide bonds. The predicted octanol–water partition coefficient (Wildman–Crippen LogP) is 1.02. The van der Waals surface area contributed by atoms with Crippen LogP contribution < -0.4 is 14.9 Å². The first-order valence-electron chi connectivity index (χ1n) is 8.52. The van der Waals surface area contributed by atoms with Gasteiger partial charge < -0.3 is 10.2 Å². The standard InChI is InChI=1S/C17H29N3O3S/c1-5-20(6-2)13-7-8-14(3)19-24(22,23)17-11-9-16(10-12-17)18-15(4)21/h9-12,14,19H,5-8,13H2,1-4H3,(H,18,21)/p+1/t14-/m0/s1. The molecule has 0 saturated heterocycles. The van der Waals surface area contributed by atoms with Crippen LogP contribution in [0.15, 0.2) is 29.2 Å². The van der Waals surface area contributed by atoms with Crippen LogP contribution in [0.5, 0.6) is 0 Å². The molecule has 0 aliphatic carbocycles. The number of quaternary nitrogens is 1. The summed E-state index contributed by atoms with van der Waals surface area (Å²) in [7, 11) is -3.54. The third-order valence-electron chi connectivity index (χ3n) is 4.01. The normalized spacial score (nSPS) is 13.0. The SMILES string of the molecule is CC[NH+](CC)CCC[C@H](C)NS(=O)(=O)c1ccc(NC(C)=O)cc1. The lowest BCUT2D eigenvalue weighted by Gasteiger charge is -2.18. The zero-order chi connectivity index (χ0) is 18.2. The highest BCUT2D eigenvalue weighted by Crippen LogP contribution is 2.14. The van der Waals surface area contributed by atoms with Gasteiger partial charge in [-0.3, -0.25) is 4.79 Å². The Bertz CT molecular complexity index is 610. The number of carbonyl (C=O) groups is 1. The molecule has 0 unspecified atom stereocenters. The second kappa shape index (κ2) is 9.76. The van der Waals surface area contributed by atoms with E-state index in [0.717, 1.165) is 32.5 Å². The molecule has 1 atom stereocenters. The lowest BCUT2D eigenvalue weighted by atomic mass is 10.2. The fraction of sp³-hybridized carbons (Fsp3) is 0.588. The Morgan fingerprint density at radius 1 is 1.17 bits per heavy atom. The number of nitrogens with one attached hydrogen (secondary N) is 3. The molecule has 0 spiro atoms. The molecule has 7 heteroatoms. The average molecular weight is 357 g/mol. The van der Waals surface area contributed by atoms with Gasteiger partial charge in [0.25, 0.3) is 0 Å². The van der Waals surface area contributed by atoms with Gasteiger partial charge in [0.05, 0.1) is 24.5 Å². The van der Waals surface area contributed by atoms with Gasteiger partial charge in [0.2, 0.25) is 15.9 Å². The smallest absolute Gasteiger partial charge is 0.240 e. The Kier molecular flexibility index (Phi) is 8.38. The number of hydrogen-bond acceptors (Lipinski definition) is 3.